The first-order valence-electron chi connectivity index (χ1n) is 7.90. The first kappa shape index (κ1) is 16.0. The number of carbonyl (C=O) groups excluding carboxylic acids is 1. The predicted octanol–water partition coefficient (Wildman–Crippen LogP) is 2.65. The molecule has 3 nitrogen and oxygen atoms in total. The summed E-state index contributed by atoms with van der Waals surface area (Å²) in [5.41, 5.74) is 0.381. The molecule has 1 heterocycles. The molecule has 1 atom stereocenters. The molecule has 1 aliphatic rings. The molecule has 1 aromatic carbocycles. The lowest BCUT2D eigenvalue weighted by atomic mass is 9.76. The highest BCUT2D eigenvalue weighted by atomic mass is 19.1. The minimum atomic E-state index is -0.276. The Balaban J connectivity index is 1.89. The third-order valence-corrected chi connectivity index (χ3v) is 4.32. The minimum Gasteiger partial charge on any atom is -0.355 e. The fourth-order valence-corrected chi connectivity index (χ4v) is 3.17. The van der Waals surface area contributed by atoms with Crippen molar-refractivity contribution in [2.75, 3.05) is 19.6 Å². The lowest BCUT2D eigenvalue weighted by Gasteiger charge is -2.36. The molecule has 2 N–H and O–H groups in total. The van der Waals surface area contributed by atoms with Crippen LogP contribution in [0.1, 0.15) is 38.2 Å². The van der Waals surface area contributed by atoms with Gasteiger partial charge < -0.3 is 10.6 Å². The molecule has 0 aliphatic carbocycles. The van der Waals surface area contributed by atoms with Gasteiger partial charge in [-0.1, -0.05) is 31.5 Å². The van der Waals surface area contributed by atoms with Gasteiger partial charge in [-0.3, -0.25) is 4.79 Å². The van der Waals surface area contributed by atoms with E-state index < -0.39 is 0 Å². The standard InChI is InChI=1S/C17H25FN2O/c1-2-9-17(10-5-11-19-13-17)16(21)20-12-8-14-6-3-4-7-15(14)18/h3-4,6-7,19H,2,5,8-13H2,1H3,(H,20,21). The van der Waals surface area contributed by atoms with Gasteiger partial charge in [0.2, 0.25) is 5.91 Å². The monoisotopic (exact) mass is 292 g/mol. The van der Waals surface area contributed by atoms with E-state index in [9.17, 15) is 9.18 Å². The molecule has 0 saturated carbocycles. The third kappa shape index (κ3) is 4.03. The molecule has 116 valence electrons. The number of amides is 1. The molecule has 0 spiro atoms. The molecule has 1 saturated heterocycles. The second-order valence-electron chi connectivity index (χ2n) is 5.91. The maximum Gasteiger partial charge on any atom is 0.227 e. The molecule has 1 unspecified atom stereocenters. The third-order valence-electron chi connectivity index (χ3n) is 4.32. The Morgan fingerprint density at radius 2 is 2.24 bits per heavy atom. The molecule has 0 radical (unpaired) electrons. The lowest BCUT2D eigenvalue weighted by Crippen LogP contribution is -2.50. The SMILES string of the molecule is CCCC1(C(=O)NCCc2ccccc2F)CCCNC1. The average molecular weight is 292 g/mol. The molecule has 1 aliphatic heterocycles. The molecule has 2 rings (SSSR count). The normalized spacial score (nSPS) is 22.0. The van der Waals surface area contributed by atoms with Crippen molar-refractivity contribution in [3.63, 3.8) is 0 Å². The first-order chi connectivity index (χ1) is 10.2. The van der Waals surface area contributed by atoms with Gasteiger partial charge in [-0.05, 0) is 43.9 Å². The van der Waals surface area contributed by atoms with E-state index in [1.54, 1.807) is 12.1 Å². The maximum absolute atomic E-state index is 13.5. The summed E-state index contributed by atoms with van der Waals surface area (Å²) in [5.74, 6) is -0.0813. The van der Waals surface area contributed by atoms with Crippen molar-refractivity contribution < 1.29 is 9.18 Å². The Morgan fingerprint density at radius 3 is 2.90 bits per heavy atom. The molecule has 0 bridgehead atoms. The Morgan fingerprint density at radius 1 is 1.43 bits per heavy atom. The van der Waals surface area contributed by atoms with Crippen LogP contribution in [0.4, 0.5) is 4.39 Å². The van der Waals surface area contributed by atoms with Crippen LogP contribution >= 0.6 is 0 Å². The van der Waals surface area contributed by atoms with Gasteiger partial charge in [0, 0.05) is 13.1 Å². The van der Waals surface area contributed by atoms with Crippen LogP contribution < -0.4 is 10.6 Å². The summed E-state index contributed by atoms with van der Waals surface area (Å²) in [6.45, 7) is 4.36. The Hall–Kier alpha value is -1.42. The zero-order valence-electron chi connectivity index (χ0n) is 12.8. The number of hydrogen-bond donors (Lipinski definition) is 2. The highest BCUT2D eigenvalue weighted by Gasteiger charge is 2.38. The molecule has 1 fully saturated rings. The minimum absolute atomic E-state index is 0.118. The first-order valence-corrected chi connectivity index (χ1v) is 7.90. The van der Waals surface area contributed by atoms with E-state index in [0.717, 1.165) is 38.8 Å². The summed E-state index contributed by atoms with van der Waals surface area (Å²) >= 11 is 0. The van der Waals surface area contributed by atoms with Gasteiger partial charge in [0.25, 0.3) is 0 Å². The summed E-state index contributed by atoms with van der Waals surface area (Å²) in [6.07, 6.45) is 4.43. The topological polar surface area (TPSA) is 41.1 Å². The van der Waals surface area contributed by atoms with Crippen molar-refractivity contribution in [2.24, 2.45) is 5.41 Å². The van der Waals surface area contributed by atoms with Crippen molar-refractivity contribution in [2.45, 2.75) is 39.0 Å². The van der Waals surface area contributed by atoms with E-state index in [1.807, 2.05) is 6.07 Å². The number of nitrogens with one attached hydrogen (secondary N) is 2. The van der Waals surface area contributed by atoms with Crippen LogP contribution in [0.15, 0.2) is 24.3 Å². The van der Waals surface area contributed by atoms with E-state index >= 15 is 0 Å². The predicted molar refractivity (Wildman–Crippen MR) is 82.6 cm³/mol. The summed E-state index contributed by atoms with van der Waals surface area (Å²) in [4.78, 5) is 12.5. The zero-order chi connectivity index (χ0) is 15.1. The zero-order valence-corrected chi connectivity index (χ0v) is 12.8. The summed E-state index contributed by atoms with van der Waals surface area (Å²) < 4.78 is 13.5. The summed E-state index contributed by atoms with van der Waals surface area (Å²) in [6, 6.07) is 6.73. The van der Waals surface area contributed by atoms with Crippen LogP contribution in [0.3, 0.4) is 0 Å². The van der Waals surface area contributed by atoms with Crippen LogP contribution in [-0.4, -0.2) is 25.5 Å². The Bertz CT molecular complexity index is 464. The number of rotatable bonds is 6. The van der Waals surface area contributed by atoms with Crippen molar-refractivity contribution in [3.8, 4) is 0 Å². The fourth-order valence-electron chi connectivity index (χ4n) is 3.17. The van der Waals surface area contributed by atoms with Gasteiger partial charge in [0.1, 0.15) is 5.82 Å². The van der Waals surface area contributed by atoms with Gasteiger partial charge in [-0.15, -0.1) is 0 Å². The number of piperidine rings is 1. The van der Waals surface area contributed by atoms with Crippen molar-refractivity contribution in [1.29, 1.82) is 0 Å². The second kappa shape index (κ2) is 7.55. The van der Waals surface area contributed by atoms with Crippen molar-refractivity contribution in [3.05, 3.63) is 35.6 Å². The number of halogens is 1. The molecule has 21 heavy (non-hydrogen) atoms. The highest BCUT2D eigenvalue weighted by molar-refractivity contribution is 5.83. The molecule has 0 aromatic heterocycles. The van der Waals surface area contributed by atoms with Gasteiger partial charge in [0.05, 0.1) is 5.41 Å². The molecule has 1 aromatic rings. The Labute approximate surface area is 126 Å². The molecular weight excluding hydrogens is 267 g/mol. The van der Waals surface area contributed by atoms with E-state index in [0.29, 0.717) is 18.5 Å². The van der Waals surface area contributed by atoms with Crippen LogP contribution in [-0.2, 0) is 11.2 Å². The molecule has 4 heteroatoms. The molecule has 1 amide bonds. The quantitative estimate of drug-likeness (QED) is 0.846. The van der Waals surface area contributed by atoms with Gasteiger partial charge in [-0.25, -0.2) is 4.39 Å². The van der Waals surface area contributed by atoms with Crippen LogP contribution in [0.2, 0.25) is 0 Å². The number of carbonyl (C=O) groups is 1. The van der Waals surface area contributed by atoms with Crippen LogP contribution in [0, 0.1) is 11.2 Å². The van der Waals surface area contributed by atoms with Crippen LogP contribution in [0.5, 0.6) is 0 Å². The lowest BCUT2D eigenvalue weighted by molar-refractivity contribution is -0.132. The van der Waals surface area contributed by atoms with Crippen LogP contribution in [0.25, 0.3) is 0 Å². The van der Waals surface area contributed by atoms with E-state index in [-0.39, 0.29) is 17.1 Å². The maximum atomic E-state index is 13.5. The van der Waals surface area contributed by atoms with E-state index in [4.69, 9.17) is 0 Å². The van der Waals surface area contributed by atoms with Gasteiger partial charge in [-0.2, -0.15) is 0 Å². The molecular formula is C17H25FN2O. The van der Waals surface area contributed by atoms with Gasteiger partial charge in [0.15, 0.2) is 0 Å². The summed E-state index contributed by atoms with van der Waals surface area (Å²) in [5, 5.41) is 6.35. The van der Waals surface area contributed by atoms with E-state index in [2.05, 4.69) is 17.6 Å². The van der Waals surface area contributed by atoms with E-state index in [1.165, 1.54) is 6.07 Å². The fraction of sp³-hybridized carbons (Fsp3) is 0.588. The number of hydrogen-bond acceptors (Lipinski definition) is 2. The van der Waals surface area contributed by atoms with Gasteiger partial charge >= 0.3 is 0 Å². The Kier molecular flexibility index (Phi) is 5.74. The highest BCUT2D eigenvalue weighted by Crippen LogP contribution is 2.31. The van der Waals surface area contributed by atoms with Crippen molar-refractivity contribution in [1.82, 2.24) is 10.6 Å². The number of benzene rings is 1. The average Bonchev–Trinajstić information content (AvgIpc) is 2.50. The smallest absolute Gasteiger partial charge is 0.227 e. The largest absolute Gasteiger partial charge is 0.355 e. The second-order valence-corrected chi connectivity index (χ2v) is 5.91. The summed E-state index contributed by atoms with van der Waals surface area (Å²) in [7, 11) is 0. The van der Waals surface area contributed by atoms with Crippen molar-refractivity contribution >= 4 is 5.91 Å².